The molecule has 1 heterocycles. The normalized spacial score (nSPS) is 11.5. The molecule has 0 radical (unpaired) electrons. The fourth-order valence-electron chi connectivity index (χ4n) is 3.90. The molecule has 1 N–H and O–H groups in total. The minimum absolute atomic E-state index is 0.310. The van der Waals surface area contributed by atoms with Crippen molar-refractivity contribution in [3.63, 3.8) is 0 Å². The van der Waals surface area contributed by atoms with Crippen LogP contribution in [0.5, 0.6) is 0 Å². The lowest BCUT2D eigenvalue weighted by molar-refractivity contribution is -0.125. The molecule has 5 nitrogen and oxygen atoms in total. The van der Waals surface area contributed by atoms with Gasteiger partial charge in [-0.15, -0.1) is 6.42 Å². The zero-order valence-corrected chi connectivity index (χ0v) is 17.7. The second kappa shape index (κ2) is 9.23. The number of aryl methyl sites for hydroxylation is 1. The van der Waals surface area contributed by atoms with Crippen LogP contribution < -0.4 is 10.2 Å². The SMILES string of the molecule is C#CC(=O)N(c1cccc2ccn(C)c12)C(C(=O)NCc1ccccc1)c1ccccc1. The van der Waals surface area contributed by atoms with E-state index in [0.29, 0.717) is 17.8 Å². The van der Waals surface area contributed by atoms with Gasteiger partial charge in [0.05, 0.1) is 11.2 Å². The summed E-state index contributed by atoms with van der Waals surface area (Å²) in [6, 6.07) is 25.5. The van der Waals surface area contributed by atoms with Crippen LogP contribution in [0.2, 0.25) is 0 Å². The maximum atomic E-state index is 13.5. The van der Waals surface area contributed by atoms with Crippen LogP contribution >= 0.6 is 0 Å². The number of anilines is 1. The highest BCUT2D eigenvalue weighted by Gasteiger charge is 2.33. The molecule has 0 spiro atoms. The lowest BCUT2D eigenvalue weighted by atomic mass is 10.0. The lowest BCUT2D eigenvalue weighted by Crippen LogP contribution is -2.43. The van der Waals surface area contributed by atoms with Gasteiger partial charge in [0.1, 0.15) is 6.04 Å². The fraction of sp³-hybridized carbons (Fsp3) is 0.111. The first-order valence-corrected chi connectivity index (χ1v) is 10.3. The Morgan fingerprint density at radius 3 is 2.34 bits per heavy atom. The van der Waals surface area contributed by atoms with Crippen molar-refractivity contribution in [1.82, 2.24) is 9.88 Å². The minimum atomic E-state index is -0.927. The van der Waals surface area contributed by atoms with Crippen LogP contribution in [0.15, 0.2) is 91.1 Å². The Kier molecular flexibility index (Phi) is 6.05. The third kappa shape index (κ3) is 4.12. The van der Waals surface area contributed by atoms with Gasteiger partial charge in [-0.3, -0.25) is 14.5 Å². The Morgan fingerprint density at radius 1 is 0.969 bits per heavy atom. The average Bonchev–Trinajstić information content (AvgIpc) is 3.23. The van der Waals surface area contributed by atoms with Crippen molar-refractivity contribution in [1.29, 1.82) is 0 Å². The number of rotatable bonds is 6. The van der Waals surface area contributed by atoms with E-state index in [0.717, 1.165) is 16.5 Å². The highest BCUT2D eigenvalue weighted by molar-refractivity contribution is 6.13. The van der Waals surface area contributed by atoms with Crippen LogP contribution in [-0.4, -0.2) is 16.4 Å². The highest BCUT2D eigenvalue weighted by atomic mass is 16.2. The summed E-state index contributed by atoms with van der Waals surface area (Å²) in [5.74, 6) is 1.33. The van der Waals surface area contributed by atoms with Gasteiger partial charge in [0, 0.05) is 25.2 Å². The van der Waals surface area contributed by atoms with Crippen molar-refractivity contribution in [2.45, 2.75) is 12.6 Å². The fourth-order valence-corrected chi connectivity index (χ4v) is 3.90. The van der Waals surface area contributed by atoms with Crippen LogP contribution in [0.25, 0.3) is 10.9 Å². The van der Waals surface area contributed by atoms with E-state index in [-0.39, 0.29) is 5.91 Å². The van der Waals surface area contributed by atoms with Gasteiger partial charge in [0.15, 0.2) is 0 Å². The summed E-state index contributed by atoms with van der Waals surface area (Å²) < 4.78 is 1.92. The highest BCUT2D eigenvalue weighted by Crippen LogP contribution is 2.34. The molecule has 0 aliphatic carbocycles. The molecule has 4 aromatic rings. The quantitative estimate of drug-likeness (QED) is 0.475. The Labute approximate surface area is 187 Å². The van der Waals surface area contributed by atoms with Crippen LogP contribution in [0.3, 0.4) is 0 Å². The number of carbonyl (C=O) groups is 2. The maximum absolute atomic E-state index is 13.5. The number of nitrogens with zero attached hydrogens (tertiary/aromatic N) is 2. The van der Waals surface area contributed by atoms with E-state index in [1.54, 1.807) is 0 Å². The number of fused-ring (bicyclic) bond motifs is 1. The predicted octanol–water partition coefficient (Wildman–Crippen LogP) is 4.20. The van der Waals surface area contributed by atoms with Gasteiger partial charge in [-0.05, 0) is 29.2 Å². The number of nitrogens with one attached hydrogen (secondary N) is 1. The van der Waals surface area contributed by atoms with Gasteiger partial charge in [-0.2, -0.15) is 0 Å². The summed E-state index contributed by atoms with van der Waals surface area (Å²) in [5, 5.41) is 3.93. The summed E-state index contributed by atoms with van der Waals surface area (Å²) in [6.07, 6.45) is 7.49. The summed E-state index contributed by atoms with van der Waals surface area (Å²) in [6.45, 7) is 0.343. The number of terminal acetylenes is 1. The van der Waals surface area contributed by atoms with Gasteiger partial charge in [0.2, 0.25) is 5.91 Å². The second-order valence-electron chi connectivity index (χ2n) is 7.48. The molecule has 0 saturated carbocycles. The molecule has 1 aromatic heterocycles. The predicted molar refractivity (Wildman–Crippen MR) is 127 cm³/mol. The molecule has 4 rings (SSSR count). The minimum Gasteiger partial charge on any atom is -0.350 e. The Balaban J connectivity index is 1.81. The lowest BCUT2D eigenvalue weighted by Gasteiger charge is -2.30. The van der Waals surface area contributed by atoms with Crippen molar-refractivity contribution >= 4 is 28.4 Å². The molecule has 1 unspecified atom stereocenters. The second-order valence-corrected chi connectivity index (χ2v) is 7.48. The third-order valence-corrected chi connectivity index (χ3v) is 5.41. The van der Waals surface area contributed by atoms with E-state index >= 15 is 0 Å². The summed E-state index contributed by atoms with van der Waals surface area (Å²) in [5.41, 5.74) is 3.05. The Bertz CT molecular complexity index is 1290. The first-order valence-electron chi connectivity index (χ1n) is 10.3. The Morgan fingerprint density at radius 2 is 1.66 bits per heavy atom. The molecule has 0 aliphatic heterocycles. The molecule has 0 aliphatic rings. The van der Waals surface area contributed by atoms with Crippen molar-refractivity contribution in [3.8, 4) is 12.3 Å². The summed E-state index contributed by atoms with van der Waals surface area (Å²) in [4.78, 5) is 28.0. The van der Waals surface area contributed by atoms with Crippen molar-refractivity contribution < 1.29 is 9.59 Å². The zero-order valence-electron chi connectivity index (χ0n) is 17.7. The van der Waals surface area contributed by atoms with E-state index in [9.17, 15) is 9.59 Å². The number of para-hydroxylation sites is 1. The van der Waals surface area contributed by atoms with Crippen LogP contribution in [0, 0.1) is 12.3 Å². The standard InChI is InChI=1S/C27H23N3O2/c1-3-24(31)30(23-16-10-15-22-17-18-29(2)25(22)23)26(21-13-8-5-9-14-21)27(32)28-19-20-11-6-4-7-12-20/h1,4-18,26H,19H2,2H3,(H,28,32). The topological polar surface area (TPSA) is 54.3 Å². The number of benzene rings is 3. The van der Waals surface area contributed by atoms with E-state index in [2.05, 4.69) is 11.2 Å². The van der Waals surface area contributed by atoms with Crippen LogP contribution in [-0.2, 0) is 23.2 Å². The molecule has 1 atom stereocenters. The van der Waals surface area contributed by atoms with E-state index < -0.39 is 11.9 Å². The first kappa shape index (κ1) is 21.0. The van der Waals surface area contributed by atoms with Crippen molar-refractivity contribution in [2.24, 2.45) is 7.05 Å². The van der Waals surface area contributed by atoms with Crippen LogP contribution in [0.4, 0.5) is 5.69 Å². The Hall–Kier alpha value is -4.30. The average molecular weight is 422 g/mol. The largest absolute Gasteiger partial charge is 0.350 e. The third-order valence-electron chi connectivity index (χ3n) is 5.41. The molecule has 0 fully saturated rings. The molecule has 32 heavy (non-hydrogen) atoms. The molecular formula is C27H23N3O2. The van der Waals surface area contributed by atoms with Gasteiger partial charge in [-0.25, -0.2) is 0 Å². The monoisotopic (exact) mass is 421 g/mol. The summed E-state index contributed by atoms with van der Waals surface area (Å²) >= 11 is 0. The number of aromatic nitrogens is 1. The summed E-state index contributed by atoms with van der Waals surface area (Å²) in [7, 11) is 1.90. The van der Waals surface area contributed by atoms with Gasteiger partial charge >= 0.3 is 5.91 Å². The van der Waals surface area contributed by atoms with Gasteiger partial charge < -0.3 is 9.88 Å². The molecule has 3 aromatic carbocycles. The number of carbonyl (C=O) groups excluding carboxylic acids is 2. The smallest absolute Gasteiger partial charge is 0.303 e. The van der Waals surface area contributed by atoms with E-state index in [1.807, 2.05) is 103 Å². The molecule has 5 heteroatoms. The molecule has 0 saturated heterocycles. The maximum Gasteiger partial charge on any atom is 0.303 e. The molecule has 2 amide bonds. The number of hydrogen-bond acceptors (Lipinski definition) is 2. The van der Waals surface area contributed by atoms with Crippen molar-refractivity contribution in [3.05, 3.63) is 102 Å². The van der Waals surface area contributed by atoms with E-state index in [1.165, 1.54) is 4.90 Å². The molecular weight excluding hydrogens is 398 g/mol. The zero-order chi connectivity index (χ0) is 22.5. The van der Waals surface area contributed by atoms with E-state index in [4.69, 9.17) is 6.42 Å². The van der Waals surface area contributed by atoms with Gasteiger partial charge in [-0.1, -0.05) is 72.8 Å². The van der Waals surface area contributed by atoms with Gasteiger partial charge in [0.25, 0.3) is 0 Å². The molecule has 158 valence electrons. The van der Waals surface area contributed by atoms with Crippen molar-refractivity contribution in [2.75, 3.05) is 4.90 Å². The first-order chi connectivity index (χ1) is 15.6. The van der Waals surface area contributed by atoms with Crippen LogP contribution in [0.1, 0.15) is 17.2 Å². The number of amides is 2. The number of hydrogen-bond donors (Lipinski definition) is 1. The molecule has 0 bridgehead atoms.